The van der Waals surface area contributed by atoms with E-state index in [1.807, 2.05) is 6.92 Å². The number of anilines is 1. The van der Waals surface area contributed by atoms with Crippen molar-refractivity contribution in [2.24, 2.45) is 11.7 Å². The minimum atomic E-state index is -0.513. The van der Waals surface area contributed by atoms with Gasteiger partial charge in [0.2, 0.25) is 5.91 Å². The number of primary amides is 1. The number of hydrogen-bond acceptors (Lipinski definition) is 4. The maximum atomic E-state index is 12.3. The van der Waals surface area contributed by atoms with Crippen LogP contribution in [0.15, 0.2) is 11.4 Å². The Morgan fingerprint density at radius 3 is 2.95 bits per heavy atom. The molecule has 0 aliphatic carbocycles. The number of nitrogens with one attached hydrogen (secondary N) is 1. The fourth-order valence-electron chi connectivity index (χ4n) is 2.56. The molecule has 0 aromatic carbocycles. The van der Waals surface area contributed by atoms with Gasteiger partial charge in [0.05, 0.1) is 11.6 Å². The van der Waals surface area contributed by atoms with Crippen LogP contribution in [0.2, 0.25) is 0 Å². The summed E-state index contributed by atoms with van der Waals surface area (Å²) in [5, 5.41) is 5.12. The molecule has 5 nitrogen and oxygen atoms in total. The third-order valence-electron chi connectivity index (χ3n) is 3.78. The topological polar surface area (TPSA) is 75.4 Å². The minimum absolute atomic E-state index is 0.0796. The Morgan fingerprint density at radius 1 is 1.55 bits per heavy atom. The molecule has 1 aliphatic heterocycles. The van der Waals surface area contributed by atoms with Gasteiger partial charge >= 0.3 is 0 Å². The number of nitrogens with zero attached hydrogens (tertiary/aromatic N) is 1. The number of piperidine rings is 1. The van der Waals surface area contributed by atoms with Crippen LogP contribution < -0.4 is 11.1 Å². The molecular formula is C14H21N3O2S. The summed E-state index contributed by atoms with van der Waals surface area (Å²) in [6.07, 6.45) is 2.35. The zero-order valence-electron chi connectivity index (χ0n) is 11.9. The quantitative estimate of drug-likeness (QED) is 0.891. The standard InChI is InChI=1S/C14H21N3O2S/c1-9-4-3-6-17(8-9)10(2)13(19)16-14-11(12(15)18)5-7-20-14/h5,7,9-10H,3-4,6,8H2,1-2H3,(H2,15,18)(H,16,19)/t9-,10+/m1/s1. The van der Waals surface area contributed by atoms with Crippen molar-refractivity contribution in [1.82, 2.24) is 4.90 Å². The first kappa shape index (κ1) is 15.0. The summed E-state index contributed by atoms with van der Waals surface area (Å²) in [4.78, 5) is 25.7. The lowest BCUT2D eigenvalue weighted by Gasteiger charge is -2.34. The van der Waals surface area contributed by atoms with E-state index in [0.717, 1.165) is 19.5 Å². The third-order valence-corrected chi connectivity index (χ3v) is 4.61. The van der Waals surface area contributed by atoms with Gasteiger partial charge < -0.3 is 11.1 Å². The zero-order valence-corrected chi connectivity index (χ0v) is 12.7. The molecule has 1 fully saturated rings. The molecule has 2 rings (SSSR count). The summed E-state index contributed by atoms with van der Waals surface area (Å²) in [7, 11) is 0. The summed E-state index contributed by atoms with van der Waals surface area (Å²) >= 11 is 1.32. The predicted molar refractivity (Wildman–Crippen MR) is 80.9 cm³/mol. The van der Waals surface area contributed by atoms with Gasteiger partial charge in [0.25, 0.3) is 5.91 Å². The lowest BCUT2D eigenvalue weighted by Crippen LogP contribution is -2.46. The highest BCUT2D eigenvalue weighted by Crippen LogP contribution is 2.24. The van der Waals surface area contributed by atoms with Gasteiger partial charge in [-0.3, -0.25) is 14.5 Å². The van der Waals surface area contributed by atoms with E-state index in [1.165, 1.54) is 17.8 Å². The van der Waals surface area contributed by atoms with Crippen molar-refractivity contribution >= 4 is 28.2 Å². The van der Waals surface area contributed by atoms with Crippen LogP contribution in [0.1, 0.15) is 37.0 Å². The fourth-order valence-corrected chi connectivity index (χ4v) is 3.36. The molecule has 0 spiro atoms. The number of hydrogen-bond donors (Lipinski definition) is 2. The number of likely N-dealkylation sites (tertiary alicyclic amines) is 1. The molecule has 6 heteroatoms. The lowest BCUT2D eigenvalue weighted by molar-refractivity contribution is -0.121. The van der Waals surface area contributed by atoms with Crippen LogP contribution in [0, 0.1) is 5.92 Å². The highest BCUT2D eigenvalue weighted by molar-refractivity contribution is 7.14. The monoisotopic (exact) mass is 295 g/mol. The van der Waals surface area contributed by atoms with Crippen molar-refractivity contribution < 1.29 is 9.59 Å². The number of thiophene rings is 1. The van der Waals surface area contributed by atoms with E-state index < -0.39 is 5.91 Å². The minimum Gasteiger partial charge on any atom is -0.366 e. The molecule has 1 aromatic rings. The SMILES string of the molecule is C[C@@H]1CCCN([C@@H](C)C(=O)Nc2sccc2C(N)=O)C1. The first-order valence-corrected chi connectivity index (χ1v) is 7.79. The van der Waals surface area contributed by atoms with Crippen molar-refractivity contribution in [3.05, 3.63) is 17.0 Å². The van der Waals surface area contributed by atoms with E-state index >= 15 is 0 Å². The van der Waals surface area contributed by atoms with Gasteiger partial charge in [-0.15, -0.1) is 11.3 Å². The fraction of sp³-hybridized carbons (Fsp3) is 0.571. The number of carbonyl (C=O) groups excluding carboxylic acids is 2. The zero-order chi connectivity index (χ0) is 14.7. The molecule has 2 amide bonds. The molecule has 0 radical (unpaired) electrons. The predicted octanol–water partition coefficient (Wildman–Crippen LogP) is 1.91. The molecule has 0 saturated carbocycles. The van der Waals surface area contributed by atoms with Crippen molar-refractivity contribution in [1.29, 1.82) is 0 Å². The van der Waals surface area contributed by atoms with Crippen LogP contribution >= 0.6 is 11.3 Å². The van der Waals surface area contributed by atoms with Crippen LogP contribution in [0.3, 0.4) is 0 Å². The van der Waals surface area contributed by atoms with E-state index in [0.29, 0.717) is 16.5 Å². The average Bonchev–Trinajstić information content (AvgIpc) is 2.86. The van der Waals surface area contributed by atoms with Gasteiger partial charge in [-0.2, -0.15) is 0 Å². The molecule has 1 saturated heterocycles. The number of carbonyl (C=O) groups is 2. The largest absolute Gasteiger partial charge is 0.366 e. The van der Waals surface area contributed by atoms with Gasteiger partial charge in [0.1, 0.15) is 5.00 Å². The number of rotatable bonds is 4. The number of amides is 2. The second-order valence-electron chi connectivity index (χ2n) is 5.44. The second kappa shape index (κ2) is 6.37. The van der Waals surface area contributed by atoms with Crippen LogP contribution in [-0.2, 0) is 4.79 Å². The lowest BCUT2D eigenvalue weighted by atomic mass is 9.99. The number of nitrogens with two attached hydrogens (primary N) is 1. The normalized spacial score (nSPS) is 21.4. The Kier molecular flexibility index (Phi) is 4.77. The van der Waals surface area contributed by atoms with Crippen molar-refractivity contribution in [3.63, 3.8) is 0 Å². The van der Waals surface area contributed by atoms with Crippen molar-refractivity contribution in [2.45, 2.75) is 32.7 Å². The van der Waals surface area contributed by atoms with Crippen LogP contribution in [0.5, 0.6) is 0 Å². The van der Waals surface area contributed by atoms with E-state index in [4.69, 9.17) is 5.73 Å². The van der Waals surface area contributed by atoms with E-state index in [9.17, 15) is 9.59 Å². The second-order valence-corrected chi connectivity index (χ2v) is 6.35. The van der Waals surface area contributed by atoms with Gasteiger partial charge in [-0.1, -0.05) is 6.92 Å². The van der Waals surface area contributed by atoms with Crippen LogP contribution in [-0.4, -0.2) is 35.8 Å². The molecular weight excluding hydrogens is 274 g/mol. The summed E-state index contributed by atoms with van der Waals surface area (Å²) in [6, 6.07) is 1.44. The Morgan fingerprint density at radius 2 is 2.30 bits per heavy atom. The molecule has 1 aliphatic rings. The summed E-state index contributed by atoms with van der Waals surface area (Å²) in [6.45, 7) is 6.01. The highest BCUT2D eigenvalue weighted by atomic mass is 32.1. The summed E-state index contributed by atoms with van der Waals surface area (Å²) in [5.41, 5.74) is 5.66. The first-order chi connectivity index (χ1) is 9.49. The molecule has 0 bridgehead atoms. The highest BCUT2D eigenvalue weighted by Gasteiger charge is 2.26. The van der Waals surface area contributed by atoms with E-state index in [1.54, 1.807) is 11.4 Å². The third kappa shape index (κ3) is 3.37. The molecule has 3 N–H and O–H groups in total. The van der Waals surface area contributed by atoms with Gasteiger partial charge in [-0.25, -0.2) is 0 Å². The molecule has 1 aromatic heterocycles. The molecule has 2 atom stereocenters. The van der Waals surface area contributed by atoms with Gasteiger partial charge in [-0.05, 0) is 43.7 Å². The van der Waals surface area contributed by atoms with Gasteiger partial charge in [0, 0.05) is 6.54 Å². The van der Waals surface area contributed by atoms with E-state index in [2.05, 4.69) is 17.1 Å². The van der Waals surface area contributed by atoms with Gasteiger partial charge in [0.15, 0.2) is 0 Å². The smallest absolute Gasteiger partial charge is 0.251 e. The van der Waals surface area contributed by atoms with Crippen molar-refractivity contribution in [3.8, 4) is 0 Å². The van der Waals surface area contributed by atoms with E-state index in [-0.39, 0.29) is 11.9 Å². The van der Waals surface area contributed by atoms with Crippen molar-refractivity contribution in [2.75, 3.05) is 18.4 Å². The molecule has 20 heavy (non-hydrogen) atoms. The molecule has 2 heterocycles. The Bertz CT molecular complexity index is 500. The average molecular weight is 295 g/mol. The molecule has 0 unspecified atom stereocenters. The molecule has 110 valence electrons. The van der Waals surface area contributed by atoms with Crippen LogP contribution in [0.4, 0.5) is 5.00 Å². The summed E-state index contributed by atoms with van der Waals surface area (Å²) in [5.74, 6) is 0.0340. The Labute approximate surface area is 123 Å². The maximum absolute atomic E-state index is 12.3. The Hall–Kier alpha value is -1.40. The first-order valence-electron chi connectivity index (χ1n) is 6.91. The maximum Gasteiger partial charge on any atom is 0.251 e. The van der Waals surface area contributed by atoms with Crippen LogP contribution in [0.25, 0.3) is 0 Å². The summed E-state index contributed by atoms with van der Waals surface area (Å²) < 4.78 is 0. The Balaban J connectivity index is 2.00.